The Bertz CT molecular complexity index is 301. The fourth-order valence-electron chi connectivity index (χ4n) is 1.13. The molecule has 0 saturated heterocycles. The molecule has 78 valence electrons. The van der Waals surface area contributed by atoms with Crippen LogP contribution in [0, 0.1) is 18.7 Å². The van der Waals surface area contributed by atoms with E-state index < -0.39 is 0 Å². The lowest BCUT2D eigenvalue weighted by molar-refractivity contribution is 0.244. The molecule has 0 saturated carbocycles. The summed E-state index contributed by atoms with van der Waals surface area (Å²) in [5, 5.41) is 11.9. The number of aliphatic hydroxyl groups is 1. The molecule has 2 N–H and O–H groups in total. The quantitative estimate of drug-likeness (QED) is 0.775. The van der Waals surface area contributed by atoms with Crippen molar-refractivity contribution in [2.45, 2.75) is 13.8 Å². The number of halogens is 1. The molecule has 14 heavy (non-hydrogen) atoms. The van der Waals surface area contributed by atoms with E-state index in [-0.39, 0.29) is 18.3 Å². The van der Waals surface area contributed by atoms with Gasteiger partial charge in [0.15, 0.2) is 0 Å². The highest BCUT2D eigenvalue weighted by Crippen LogP contribution is 2.16. The molecule has 0 aromatic heterocycles. The summed E-state index contributed by atoms with van der Waals surface area (Å²) in [5.74, 6) is -0.0626. The Morgan fingerprint density at radius 1 is 1.50 bits per heavy atom. The number of anilines is 1. The van der Waals surface area contributed by atoms with Crippen LogP contribution in [0.1, 0.15) is 12.5 Å². The molecule has 2 nitrogen and oxygen atoms in total. The lowest BCUT2D eigenvalue weighted by atomic mass is 10.1. The molecule has 0 aliphatic carbocycles. The van der Waals surface area contributed by atoms with E-state index in [1.54, 1.807) is 6.07 Å². The van der Waals surface area contributed by atoms with Crippen molar-refractivity contribution < 1.29 is 9.50 Å². The zero-order valence-electron chi connectivity index (χ0n) is 8.55. The summed E-state index contributed by atoms with van der Waals surface area (Å²) in [6, 6.07) is 4.65. The third-order valence-electron chi connectivity index (χ3n) is 2.15. The van der Waals surface area contributed by atoms with Crippen molar-refractivity contribution in [1.29, 1.82) is 0 Å². The molecular weight excluding hydrogens is 181 g/mol. The first-order chi connectivity index (χ1) is 6.63. The maximum Gasteiger partial charge on any atom is 0.125 e. The smallest absolute Gasteiger partial charge is 0.125 e. The number of aryl methyl sites for hydroxylation is 1. The van der Waals surface area contributed by atoms with Gasteiger partial charge < -0.3 is 10.4 Å². The summed E-state index contributed by atoms with van der Waals surface area (Å²) in [5.41, 5.74) is 1.81. The largest absolute Gasteiger partial charge is 0.396 e. The van der Waals surface area contributed by atoms with Crippen LogP contribution < -0.4 is 5.32 Å². The Labute approximate surface area is 83.8 Å². The van der Waals surface area contributed by atoms with E-state index in [4.69, 9.17) is 5.11 Å². The first-order valence-electron chi connectivity index (χ1n) is 4.74. The molecular formula is C11H16FNO. The highest BCUT2D eigenvalue weighted by molar-refractivity contribution is 5.50. The molecule has 0 fully saturated rings. The van der Waals surface area contributed by atoms with Gasteiger partial charge in [-0.3, -0.25) is 0 Å². The molecule has 0 aliphatic rings. The fraction of sp³-hybridized carbons (Fsp3) is 0.455. The average Bonchev–Trinajstić information content (AvgIpc) is 2.19. The standard InChI is InChI=1S/C11H16FNO/c1-8(7-14)6-13-11-5-10(12)4-3-9(11)2/h3-5,8,13-14H,6-7H2,1-2H3. The number of hydrogen-bond acceptors (Lipinski definition) is 2. The summed E-state index contributed by atoms with van der Waals surface area (Å²) < 4.78 is 12.9. The Morgan fingerprint density at radius 3 is 2.86 bits per heavy atom. The average molecular weight is 197 g/mol. The van der Waals surface area contributed by atoms with Crippen LogP contribution in [0.5, 0.6) is 0 Å². The zero-order chi connectivity index (χ0) is 10.6. The van der Waals surface area contributed by atoms with Crippen LogP contribution in [0.3, 0.4) is 0 Å². The van der Waals surface area contributed by atoms with Crippen molar-refractivity contribution in [3.05, 3.63) is 29.6 Å². The molecule has 0 bridgehead atoms. The second kappa shape index (κ2) is 4.96. The van der Waals surface area contributed by atoms with Gasteiger partial charge in [-0.15, -0.1) is 0 Å². The lowest BCUT2D eigenvalue weighted by Gasteiger charge is -2.12. The topological polar surface area (TPSA) is 32.3 Å². The van der Waals surface area contributed by atoms with Gasteiger partial charge in [0.1, 0.15) is 5.82 Å². The van der Waals surface area contributed by atoms with Crippen LogP contribution >= 0.6 is 0 Å². The van der Waals surface area contributed by atoms with Gasteiger partial charge in [-0.05, 0) is 30.5 Å². The van der Waals surface area contributed by atoms with Crippen molar-refractivity contribution in [1.82, 2.24) is 0 Å². The highest BCUT2D eigenvalue weighted by Gasteiger charge is 2.02. The minimum Gasteiger partial charge on any atom is -0.396 e. The number of benzene rings is 1. The predicted octanol–water partition coefficient (Wildman–Crippen LogP) is 2.17. The van der Waals surface area contributed by atoms with Gasteiger partial charge in [0.2, 0.25) is 0 Å². The normalized spacial score (nSPS) is 12.6. The summed E-state index contributed by atoms with van der Waals surface area (Å²) in [6.07, 6.45) is 0. The summed E-state index contributed by atoms with van der Waals surface area (Å²) in [7, 11) is 0. The summed E-state index contributed by atoms with van der Waals surface area (Å²) in [6.45, 7) is 4.65. The fourth-order valence-corrected chi connectivity index (χ4v) is 1.13. The summed E-state index contributed by atoms with van der Waals surface area (Å²) in [4.78, 5) is 0. The molecule has 0 spiro atoms. The number of nitrogens with one attached hydrogen (secondary N) is 1. The molecule has 1 atom stereocenters. The number of aliphatic hydroxyl groups excluding tert-OH is 1. The van der Waals surface area contributed by atoms with Crippen LogP contribution in [0.2, 0.25) is 0 Å². The van der Waals surface area contributed by atoms with Crippen LogP contribution in [-0.4, -0.2) is 18.3 Å². The maximum absolute atomic E-state index is 12.9. The Balaban J connectivity index is 2.62. The lowest BCUT2D eigenvalue weighted by Crippen LogP contribution is -2.15. The van der Waals surface area contributed by atoms with Gasteiger partial charge in [0.25, 0.3) is 0 Å². The van der Waals surface area contributed by atoms with Crippen molar-refractivity contribution in [3.63, 3.8) is 0 Å². The van der Waals surface area contributed by atoms with Crippen LogP contribution in [-0.2, 0) is 0 Å². The van der Waals surface area contributed by atoms with E-state index in [0.29, 0.717) is 6.54 Å². The monoisotopic (exact) mass is 197 g/mol. The SMILES string of the molecule is Cc1ccc(F)cc1NCC(C)CO. The third kappa shape index (κ3) is 3.00. The van der Waals surface area contributed by atoms with Gasteiger partial charge in [0.05, 0.1) is 0 Å². The molecule has 3 heteroatoms. The third-order valence-corrected chi connectivity index (χ3v) is 2.15. The van der Waals surface area contributed by atoms with E-state index in [0.717, 1.165) is 11.3 Å². The summed E-state index contributed by atoms with van der Waals surface area (Å²) >= 11 is 0. The molecule has 0 radical (unpaired) electrons. The van der Waals surface area contributed by atoms with E-state index in [2.05, 4.69) is 5.32 Å². The van der Waals surface area contributed by atoms with Gasteiger partial charge in [-0.25, -0.2) is 4.39 Å². The number of rotatable bonds is 4. The van der Waals surface area contributed by atoms with Gasteiger partial charge >= 0.3 is 0 Å². The Hall–Kier alpha value is -1.09. The van der Waals surface area contributed by atoms with Crippen LogP contribution in [0.25, 0.3) is 0 Å². The highest BCUT2D eigenvalue weighted by atomic mass is 19.1. The van der Waals surface area contributed by atoms with Crippen molar-refractivity contribution >= 4 is 5.69 Å². The molecule has 1 rings (SSSR count). The molecule has 0 amide bonds. The zero-order valence-corrected chi connectivity index (χ0v) is 8.55. The van der Waals surface area contributed by atoms with E-state index in [1.807, 2.05) is 13.8 Å². The van der Waals surface area contributed by atoms with Crippen molar-refractivity contribution in [2.75, 3.05) is 18.5 Å². The van der Waals surface area contributed by atoms with E-state index in [9.17, 15) is 4.39 Å². The molecule has 1 aromatic rings. The van der Waals surface area contributed by atoms with Crippen molar-refractivity contribution in [2.24, 2.45) is 5.92 Å². The molecule has 0 heterocycles. The van der Waals surface area contributed by atoms with E-state index >= 15 is 0 Å². The predicted molar refractivity (Wildman–Crippen MR) is 55.9 cm³/mol. The van der Waals surface area contributed by atoms with Crippen molar-refractivity contribution in [3.8, 4) is 0 Å². The second-order valence-electron chi connectivity index (χ2n) is 3.63. The van der Waals surface area contributed by atoms with Gasteiger partial charge in [0, 0.05) is 18.8 Å². The minimum atomic E-state index is -0.241. The van der Waals surface area contributed by atoms with E-state index in [1.165, 1.54) is 12.1 Å². The Kier molecular flexibility index (Phi) is 3.89. The molecule has 0 aliphatic heterocycles. The van der Waals surface area contributed by atoms with Gasteiger partial charge in [-0.1, -0.05) is 13.0 Å². The first-order valence-corrected chi connectivity index (χ1v) is 4.74. The second-order valence-corrected chi connectivity index (χ2v) is 3.63. The first kappa shape index (κ1) is 11.0. The number of hydrogen-bond donors (Lipinski definition) is 2. The van der Waals surface area contributed by atoms with Gasteiger partial charge in [-0.2, -0.15) is 0 Å². The molecule has 1 unspecified atom stereocenters. The van der Waals surface area contributed by atoms with Crippen LogP contribution in [0.4, 0.5) is 10.1 Å². The Morgan fingerprint density at radius 2 is 2.21 bits per heavy atom. The maximum atomic E-state index is 12.9. The minimum absolute atomic E-state index is 0.140. The molecule has 1 aromatic carbocycles. The van der Waals surface area contributed by atoms with Crippen LogP contribution in [0.15, 0.2) is 18.2 Å².